The summed E-state index contributed by atoms with van der Waals surface area (Å²) < 4.78 is 4.95. The number of carbonyl (C=O) groups is 1. The fraction of sp³-hybridized carbons (Fsp3) is 0.286. The number of thiazole rings is 1. The molecule has 2 N–H and O–H groups in total. The highest BCUT2D eigenvalue weighted by atomic mass is 32.1. The molecule has 1 aliphatic heterocycles. The van der Waals surface area contributed by atoms with Crippen LogP contribution in [-0.4, -0.2) is 75.9 Å². The van der Waals surface area contributed by atoms with Crippen molar-refractivity contribution in [3.63, 3.8) is 0 Å². The van der Waals surface area contributed by atoms with Gasteiger partial charge in [-0.1, -0.05) is 11.3 Å². The molecule has 0 aromatic carbocycles. The molecule has 0 bridgehead atoms. The lowest BCUT2D eigenvalue weighted by Gasteiger charge is -2.36. The van der Waals surface area contributed by atoms with Gasteiger partial charge in [0, 0.05) is 63.0 Å². The number of hydrogen-bond acceptors (Lipinski definition) is 9. The Bertz CT molecular complexity index is 1220. The van der Waals surface area contributed by atoms with E-state index in [0.29, 0.717) is 13.1 Å². The number of hydrogen-bond donors (Lipinski definition) is 2. The number of amides is 1. The number of anilines is 3. The molecule has 11 heteroatoms. The number of piperazine rings is 1. The maximum absolute atomic E-state index is 12.0. The molecule has 0 radical (unpaired) electrons. The van der Waals surface area contributed by atoms with Crippen molar-refractivity contribution < 1.29 is 9.53 Å². The molecule has 1 fully saturated rings. The minimum Gasteiger partial charge on any atom is -0.375 e. The maximum atomic E-state index is 12.0. The van der Waals surface area contributed by atoms with Gasteiger partial charge in [0.15, 0.2) is 5.13 Å². The maximum Gasteiger partial charge on any atom is 0.248 e. The van der Waals surface area contributed by atoms with Crippen molar-refractivity contribution in [3.05, 3.63) is 42.9 Å². The second kappa shape index (κ2) is 8.89. The molecule has 0 atom stereocenters. The van der Waals surface area contributed by atoms with E-state index in [-0.39, 0.29) is 12.5 Å². The summed E-state index contributed by atoms with van der Waals surface area (Å²) in [7, 11) is 1.54. The molecule has 10 nitrogen and oxygen atoms in total. The standard InChI is InChI=1S/C21H22N8O2S/c1-31-13-19(30)29-8-6-28(7-9-29)15-4-5-22-18(10-15)27-21-26-17-3-2-16(25-20(17)32-21)14-11-23-24-12-14/h2-5,10-12H,6-9,13H2,1H3,(H,23,24)(H,22,26,27). The first-order valence-corrected chi connectivity index (χ1v) is 11.0. The van der Waals surface area contributed by atoms with E-state index in [4.69, 9.17) is 9.72 Å². The number of nitrogens with zero attached hydrogens (tertiary/aromatic N) is 6. The number of aromatic amines is 1. The largest absolute Gasteiger partial charge is 0.375 e. The normalized spacial score (nSPS) is 14.2. The zero-order valence-corrected chi connectivity index (χ0v) is 18.3. The van der Waals surface area contributed by atoms with E-state index in [9.17, 15) is 4.79 Å². The highest BCUT2D eigenvalue weighted by molar-refractivity contribution is 7.21. The molecule has 0 aliphatic carbocycles. The molecule has 4 aromatic heterocycles. The minimum absolute atomic E-state index is 0.0320. The Labute approximate surface area is 188 Å². The Hall–Kier alpha value is -3.57. The summed E-state index contributed by atoms with van der Waals surface area (Å²) in [5.74, 6) is 0.749. The van der Waals surface area contributed by atoms with Crippen LogP contribution in [0.2, 0.25) is 0 Å². The predicted octanol–water partition coefficient (Wildman–Crippen LogP) is 2.52. The molecule has 1 aliphatic rings. The second-order valence-corrected chi connectivity index (χ2v) is 8.33. The molecule has 164 valence electrons. The van der Waals surface area contributed by atoms with Gasteiger partial charge in [0.1, 0.15) is 22.8 Å². The van der Waals surface area contributed by atoms with E-state index in [2.05, 4.69) is 30.4 Å². The molecule has 1 saturated heterocycles. The quantitative estimate of drug-likeness (QED) is 0.461. The van der Waals surface area contributed by atoms with Gasteiger partial charge >= 0.3 is 0 Å². The zero-order chi connectivity index (χ0) is 21.9. The third-order valence-electron chi connectivity index (χ3n) is 5.29. The molecule has 5 heterocycles. The molecular weight excluding hydrogens is 428 g/mol. The van der Waals surface area contributed by atoms with Crippen LogP contribution in [0.4, 0.5) is 16.6 Å². The van der Waals surface area contributed by atoms with Crippen molar-refractivity contribution in [1.82, 2.24) is 30.0 Å². The summed E-state index contributed by atoms with van der Waals surface area (Å²) in [5.41, 5.74) is 3.68. The van der Waals surface area contributed by atoms with Crippen LogP contribution in [-0.2, 0) is 9.53 Å². The van der Waals surface area contributed by atoms with Crippen molar-refractivity contribution in [2.24, 2.45) is 0 Å². The van der Waals surface area contributed by atoms with Crippen molar-refractivity contribution in [2.45, 2.75) is 0 Å². The van der Waals surface area contributed by atoms with E-state index in [1.165, 1.54) is 11.3 Å². The Kier molecular flexibility index (Phi) is 5.65. The van der Waals surface area contributed by atoms with Gasteiger partial charge in [0.25, 0.3) is 0 Å². The Morgan fingerprint density at radius 2 is 2.09 bits per heavy atom. The summed E-state index contributed by atoms with van der Waals surface area (Å²) in [5, 5.41) is 10.8. The molecule has 5 rings (SSSR count). The Morgan fingerprint density at radius 3 is 2.88 bits per heavy atom. The van der Waals surface area contributed by atoms with Crippen LogP contribution >= 0.6 is 11.3 Å². The van der Waals surface area contributed by atoms with Crippen molar-refractivity contribution >= 4 is 44.2 Å². The van der Waals surface area contributed by atoms with Crippen molar-refractivity contribution in [2.75, 3.05) is 50.1 Å². The lowest BCUT2D eigenvalue weighted by molar-refractivity contribution is -0.135. The summed E-state index contributed by atoms with van der Waals surface area (Å²) in [6.45, 7) is 3.01. The van der Waals surface area contributed by atoms with Crippen LogP contribution in [0, 0.1) is 0 Å². The lowest BCUT2D eigenvalue weighted by Crippen LogP contribution is -2.49. The van der Waals surface area contributed by atoms with Gasteiger partial charge in [-0.25, -0.2) is 15.0 Å². The molecule has 0 unspecified atom stereocenters. The fourth-order valence-electron chi connectivity index (χ4n) is 3.65. The van der Waals surface area contributed by atoms with Crippen LogP contribution in [0.3, 0.4) is 0 Å². The Morgan fingerprint density at radius 1 is 1.22 bits per heavy atom. The van der Waals surface area contributed by atoms with Gasteiger partial charge in [-0.15, -0.1) is 0 Å². The van der Waals surface area contributed by atoms with E-state index >= 15 is 0 Å². The van der Waals surface area contributed by atoms with Crippen LogP contribution in [0.25, 0.3) is 21.6 Å². The second-order valence-electron chi connectivity index (χ2n) is 7.35. The first-order chi connectivity index (χ1) is 15.7. The zero-order valence-electron chi connectivity index (χ0n) is 17.5. The SMILES string of the molecule is COCC(=O)N1CCN(c2ccnc(Nc3nc4ccc(-c5cn[nH]c5)nc4s3)c2)CC1. The number of nitrogens with one attached hydrogen (secondary N) is 2. The first kappa shape index (κ1) is 20.3. The van der Waals surface area contributed by atoms with Gasteiger partial charge in [0.05, 0.1) is 11.9 Å². The summed E-state index contributed by atoms with van der Waals surface area (Å²) >= 11 is 1.48. The van der Waals surface area contributed by atoms with Crippen LogP contribution in [0.1, 0.15) is 0 Å². The highest BCUT2D eigenvalue weighted by Gasteiger charge is 2.21. The summed E-state index contributed by atoms with van der Waals surface area (Å²) in [6.07, 6.45) is 5.34. The number of fused-ring (bicyclic) bond motifs is 1. The predicted molar refractivity (Wildman–Crippen MR) is 123 cm³/mol. The summed E-state index contributed by atoms with van der Waals surface area (Å²) in [4.78, 5) is 30.7. The number of H-pyrrole nitrogens is 1. The summed E-state index contributed by atoms with van der Waals surface area (Å²) in [6, 6.07) is 7.88. The van der Waals surface area contributed by atoms with Crippen LogP contribution in [0.15, 0.2) is 42.9 Å². The minimum atomic E-state index is 0.0320. The Balaban J connectivity index is 1.28. The van der Waals surface area contributed by atoms with E-state index in [1.807, 2.05) is 35.4 Å². The van der Waals surface area contributed by atoms with Gasteiger partial charge in [-0.3, -0.25) is 9.89 Å². The lowest BCUT2D eigenvalue weighted by atomic mass is 10.2. The number of rotatable bonds is 6. The first-order valence-electron chi connectivity index (χ1n) is 10.2. The van der Waals surface area contributed by atoms with Crippen LogP contribution in [0.5, 0.6) is 0 Å². The van der Waals surface area contributed by atoms with Gasteiger partial charge in [-0.2, -0.15) is 5.10 Å². The third kappa shape index (κ3) is 4.25. The number of methoxy groups -OCH3 is 1. The van der Waals surface area contributed by atoms with E-state index in [1.54, 1.807) is 19.5 Å². The molecule has 4 aromatic rings. The molecule has 0 saturated carbocycles. The number of aromatic nitrogens is 5. The molecule has 0 spiro atoms. The van der Waals surface area contributed by atoms with Gasteiger partial charge in [0.2, 0.25) is 5.91 Å². The average Bonchev–Trinajstić information content (AvgIpc) is 3.49. The topological polar surface area (TPSA) is 112 Å². The van der Waals surface area contributed by atoms with Gasteiger partial charge in [-0.05, 0) is 18.2 Å². The number of pyridine rings is 2. The molecule has 1 amide bonds. The van der Waals surface area contributed by atoms with Crippen molar-refractivity contribution in [3.8, 4) is 11.3 Å². The number of carbonyl (C=O) groups excluding carboxylic acids is 1. The van der Waals surface area contributed by atoms with Crippen molar-refractivity contribution in [1.29, 1.82) is 0 Å². The average molecular weight is 451 g/mol. The van der Waals surface area contributed by atoms with E-state index < -0.39 is 0 Å². The van der Waals surface area contributed by atoms with E-state index in [0.717, 1.165) is 51.3 Å². The van der Waals surface area contributed by atoms with Crippen LogP contribution < -0.4 is 10.2 Å². The van der Waals surface area contributed by atoms with Gasteiger partial charge < -0.3 is 19.9 Å². The third-order valence-corrected chi connectivity index (χ3v) is 6.17. The molecule has 32 heavy (non-hydrogen) atoms. The molecular formula is C21H22N8O2S. The monoisotopic (exact) mass is 450 g/mol. The number of ether oxygens (including phenoxy) is 1. The smallest absolute Gasteiger partial charge is 0.248 e. The fourth-order valence-corrected chi connectivity index (χ4v) is 4.49. The highest BCUT2D eigenvalue weighted by Crippen LogP contribution is 2.29.